The van der Waals surface area contributed by atoms with E-state index in [9.17, 15) is 9.59 Å². The highest BCUT2D eigenvalue weighted by molar-refractivity contribution is 7.11. The van der Waals surface area contributed by atoms with E-state index in [2.05, 4.69) is 9.88 Å². The fourth-order valence-corrected chi connectivity index (χ4v) is 3.30. The Morgan fingerprint density at radius 3 is 2.68 bits per heavy atom. The van der Waals surface area contributed by atoms with Crippen LogP contribution in [0.4, 0.5) is 0 Å². The van der Waals surface area contributed by atoms with Gasteiger partial charge in [-0.3, -0.25) is 9.69 Å². The SMILES string of the molecule is CCOC(=O)c1nc(CN2CCC(C(=O)N(C)C)CC2)cs1. The Hall–Kier alpha value is -1.47. The second-order valence-electron chi connectivity index (χ2n) is 5.65. The van der Waals surface area contributed by atoms with Gasteiger partial charge in [-0.1, -0.05) is 0 Å². The van der Waals surface area contributed by atoms with Gasteiger partial charge in [0.15, 0.2) is 0 Å². The Balaban J connectivity index is 1.84. The standard InChI is InChI=1S/C15H23N3O3S/c1-4-21-15(20)13-16-12(10-22-13)9-18-7-5-11(6-8-18)14(19)17(2)3/h10-11H,4-9H2,1-3H3. The molecule has 0 unspecified atom stereocenters. The largest absolute Gasteiger partial charge is 0.461 e. The van der Waals surface area contributed by atoms with Crippen molar-refractivity contribution in [3.8, 4) is 0 Å². The summed E-state index contributed by atoms with van der Waals surface area (Å²) in [5, 5.41) is 2.32. The van der Waals surface area contributed by atoms with Crippen molar-refractivity contribution in [3.05, 3.63) is 16.1 Å². The van der Waals surface area contributed by atoms with Crippen LogP contribution in [-0.4, -0.2) is 60.5 Å². The molecule has 0 aromatic carbocycles. The Bertz CT molecular complexity index is 522. The normalized spacial score (nSPS) is 16.5. The van der Waals surface area contributed by atoms with Gasteiger partial charge in [0.1, 0.15) is 0 Å². The molecule has 1 amide bonds. The zero-order chi connectivity index (χ0) is 16.1. The number of likely N-dealkylation sites (tertiary alicyclic amines) is 1. The molecule has 1 aliphatic heterocycles. The number of nitrogens with zero attached hydrogens (tertiary/aromatic N) is 3. The fourth-order valence-electron chi connectivity index (χ4n) is 2.60. The lowest BCUT2D eigenvalue weighted by molar-refractivity contribution is -0.134. The maximum Gasteiger partial charge on any atom is 0.367 e. The zero-order valence-electron chi connectivity index (χ0n) is 13.4. The lowest BCUT2D eigenvalue weighted by Gasteiger charge is -2.31. The van der Waals surface area contributed by atoms with Crippen LogP contribution in [0.15, 0.2) is 5.38 Å². The Morgan fingerprint density at radius 1 is 1.41 bits per heavy atom. The zero-order valence-corrected chi connectivity index (χ0v) is 14.2. The summed E-state index contributed by atoms with van der Waals surface area (Å²) in [7, 11) is 3.61. The summed E-state index contributed by atoms with van der Waals surface area (Å²) in [6.07, 6.45) is 1.76. The van der Waals surface area contributed by atoms with E-state index < -0.39 is 0 Å². The smallest absolute Gasteiger partial charge is 0.367 e. The first-order valence-electron chi connectivity index (χ1n) is 7.56. The molecule has 122 valence electrons. The average molecular weight is 325 g/mol. The average Bonchev–Trinajstić information content (AvgIpc) is 2.96. The van der Waals surface area contributed by atoms with Gasteiger partial charge in [0, 0.05) is 31.9 Å². The number of carbonyl (C=O) groups excluding carboxylic acids is 2. The molecule has 7 heteroatoms. The van der Waals surface area contributed by atoms with Crippen LogP contribution in [-0.2, 0) is 16.1 Å². The topological polar surface area (TPSA) is 62.7 Å². The third kappa shape index (κ3) is 4.27. The van der Waals surface area contributed by atoms with Gasteiger partial charge in [-0.2, -0.15) is 0 Å². The number of amides is 1. The Kier molecular flexibility index (Phi) is 5.90. The molecule has 1 aliphatic rings. The lowest BCUT2D eigenvalue weighted by atomic mass is 9.95. The first kappa shape index (κ1) is 16.9. The summed E-state index contributed by atoms with van der Waals surface area (Å²) in [6, 6.07) is 0. The van der Waals surface area contributed by atoms with E-state index in [-0.39, 0.29) is 17.8 Å². The van der Waals surface area contributed by atoms with Crippen molar-refractivity contribution in [2.45, 2.75) is 26.3 Å². The number of ether oxygens (including phenoxy) is 1. The van der Waals surface area contributed by atoms with E-state index in [1.165, 1.54) is 11.3 Å². The number of hydrogen-bond acceptors (Lipinski definition) is 6. The second kappa shape index (κ2) is 7.69. The molecule has 0 radical (unpaired) electrons. The van der Waals surface area contributed by atoms with Gasteiger partial charge in [-0.05, 0) is 32.9 Å². The summed E-state index contributed by atoms with van der Waals surface area (Å²) in [5.41, 5.74) is 0.894. The minimum Gasteiger partial charge on any atom is -0.461 e. The van der Waals surface area contributed by atoms with Crippen molar-refractivity contribution in [2.75, 3.05) is 33.8 Å². The number of piperidine rings is 1. The molecule has 2 rings (SSSR count). The highest BCUT2D eigenvalue weighted by atomic mass is 32.1. The molecule has 1 saturated heterocycles. The van der Waals surface area contributed by atoms with Crippen LogP contribution < -0.4 is 0 Å². The molecule has 0 N–H and O–H groups in total. The third-order valence-electron chi connectivity index (χ3n) is 3.76. The van der Waals surface area contributed by atoms with Crippen molar-refractivity contribution >= 4 is 23.2 Å². The van der Waals surface area contributed by atoms with Crippen LogP contribution in [0.5, 0.6) is 0 Å². The molecule has 0 atom stereocenters. The summed E-state index contributed by atoms with van der Waals surface area (Å²) >= 11 is 1.32. The first-order chi connectivity index (χ1) is 10.5. The van der Waals surface area contributed by atoms with Crippen LogP contribution in [0.2, 0.25) is 0 Å². The molecule has 6 nitrogen and oxygen atoms in total. The van der Waals surface area contributed by atoms with Gasteiger partial charge in [-0.15, -0.1) is 11.3 Å². The van der Waals surface area contributed by atoms with Gasteiger partial charge in [0.25, 0.3) is 0 Å². The monoisotopic (exact) mass is 325 g/mol. The highest BCUT2D eigenvalue weighted by Gasteiger charge is 2.26. The van der Waals surface area contributed by atoms with E-state index in [1.807, 2.05) is 5.38 Å². The molecule has 2 heterocycles. The molecule has 0 aliphatic carbocycles. The molecule has 0 saturated carbocycles. The van der Waals surface area contributed by atoms with Crippen LogP contribution in [0, 0.1) is 5.92 Å². The van der Waals surface area contributed by atoms with Crippen LogP contribution in [0.1, 0.15) is 35.3 Å². The summed E-state index contributed by atoms with van der Waals surface area (Å²) < 4.78 is 4.95. The molecular formula is C15H23N3O3S. The molecule has 1 aromatic heterocycles. The Labute approximate surface area is 135 Å². The first-order valence-corrected chi connectivity index (χ1v) is 8.44. The van der Waals surface area contributed by atoms with E-state index in [4.69, 9.17) is 4.74 Å². The minimum atomic E-state index is -0.353. The summed E-state index contributed by atoms with van der Waals surface area (Å²) in [4.78, 5) is 31.8. The van der Waals surface area contributed by atoms with E-state index in [0.717, 1.165) is 38.2 Å². The maximum absolute atomic E-state index is 11.9. The molecule has 0 spiro atoms. The van der Waals surface area contributed by atoms with Crippen molar-refractivity contribution < 1.29 is 14.3 Å². The van der Waals surface area contributed by atoms with Crippen molar-refractivity contribution in [3.63, 3.8) is 0 Å². The number of carbonyl (C=O) groups is 2. The van der Waals surface area contributed by atoms with E-state index >= 15 is 0 Å². The minimum absolute atomic E-state index is 0.136. The number of thiazole rings is 1. The van der Waals surface area contributed by atoms with Crippen LogP contribution in [0.25, 0.3) is 0 Å². The van der Waals surface area contributed by atoms with Gasteiger partial charge in [0.05, 0.1) is 12.3 Å². The fraction of sp³-hybridized carbons (Fsp3) is 0.667. The quantitative estimate of drug-likeness (QED) is 0.770. The highest BCUT2D eigenvalue weighted by Crippen LogP contribution is 2.21. The molecular weight excluding hydrogens is 302 g/mol. The second-order valence-corrected chi connectivity index (χ2v) is 6.51. The van der Waals surface area contributed by atoms with Crippen molar-refractivity contribution in [1.82, 2.24) is 14.8 Å². The van der Waals surface area contributed by atoms with E-state index in [0.29, 0.717) is 11.6 Å². The maximum atomic E-state index is 11.9. The van der Waals surface area contributed by atoms with Gasteiger partial charge < -0.3 is 9.64 Å². The van der Waals surface area contributed by atoms with Crippen LogP contribution in [0.3, 0.4) is 0 Å². The van der Waals surface area contributed by atoms with Crippen LogP contribution >= 0.6 is 11.3 Å². The van der Waals surface area contributed by atoms with Crippen molar-refractivity contribution in [1.29, 1.82) is 0 Å². The molecule has 0 bridgehead atoms. The Morgan fingerprint density at radius 2 is 2.09 bits per heavy atom. The summed E-state index contributed by atoms with van der Waals surface area (Å²) in [6.45, 7) is 4.64. The number of aromatic nitrogens is 1. The predicted molar refractivity (Wildman–Crippen MR) is 84.8 cm³/mol. The lowest BCUT2D eigenvalue weighted by Crippen LogP contribution is -2.39. The van der Waals surface area contributed by atoms with Gasteiger partial charge >= 0.3 is 5.97 Å². The van der Waals surface area contributed by atoms with Gasteiger partial charge in [0.2, 0.25) is 10.9 Å². The number of rotatable bonds is 5. The van der Waals surface area contributed by atoms with Crippen molar-refractivity contribution in [2.24, 2.45) is 5.92 Å². The summed E-state index contributed by atoms with van der Waals surface area (Å²) in [5.74, 6) is 0.00344. The van der Waals surface area contributed by atoms with Gasteiger partial charge in [-0.25, -0.2) is 9.78 Å². The number of hydrogen-bond donors (Lipinski definition) is 0. The number of esters is 1. The predicted octanol–water partition coefficient (Wildman–Crippen LogP) is 1.62. The van der Waals surface area contributed by atoms with E-state index in [1.54, 1.807) is 25.9 Å². The third-order valence-corrected chi connectivity index (χ3v) is 4.64. The molecule has 1 fully saturated rings. The molecule has 1 aromatic rings. The molecule has 22 heavy (non-hydrogen) atoms.